The number of rotatable bonds is 3. The van der Waals surface area contributed by atoms with Crippen LogP contribution in [-0.2, 0) is 4.74 Å². The third kappa shape index (κ3) is 2.93. The van der Waals surface area contributed by atoms with Crippen molar-refractivity contribution in [1.29, 1.82) is 0 Å². The molecule has 2 unspecified atom stereocenters. The molecule has 3 nitrogen and oxygen atoms in total. The van der Waals surface area contributed by atoms with Crippen LogP contribution < -0.4 is 5.32 Å². The molecule has 18 heavy (non-hydrogen) atoms. The topological polar surface area (TPSA) is 38.3 Å². The van der Waals surface area contributed by atoms with E-state index in [4.69, 9.17) is 16.3 Å². The van der Waals surface area contributed by atoms with Gasteiger partial charge in [0.15, 0.2) is 0 Å². The second-order valence-corrected chi connectivity index (χ2v) is 5.96. The molecule has 2 rings (SSSR count). The molecule has 0 spiro atoms. The first-order valence-electron chi connectivity index (χ1n) is 5.84. The quantitative estimate of drug-likeness (QED) is 0.865. The molecule has 1 fully saturated rings. The van der Waals surface area contributed by atoms with Crippen LogP contribution >= 0.6 is 23.4 Å². The number of halogens is 1. The molecule has 1 N–H and O–H groups in total. The van der Waals surface area contributed by atoms with E-state index < -0.39 is 0 Å². The summed E-state index contributed by atoms with van der Waals surface area (Å²) in [6, 6.07) is 5.65. The van der Waals surface area contributed by atoms with E-state index in [0.717, 1.165) is 17.2 Å². The minimum atomic E-state index is -0.363. The van der Waals surface area contributed by atoms with Crippen LogP contribution in [0.4, 0.5) is 5.69 Å². The summed E-state index contributed by atoms with van der Waals surface area (Å²) >= 11 is 7.85. The molecule has 1 aliphatic heterocycles. The smallest absolute Gasteiger partial charge is 0.340 e. The highest BCUT2D eigenvalue weighted by Gasteiger charge is 2.25. The third-order valence-electron chi connectivity index (χ3n) is 3.09. The molecule has 0 radical (unpaired) electrons. The minimum Gasteiger partial charge on any atom is -0.465 e. The van der Waals surface area contributed by atoms with Crippen LogP contribution in [0.25, 0.3) is 0 Å². The highest BCUT2D eigenvalue weighted by Crippen LogP contribution is 2.29. The Kier molecular flexibility index (Phi) is 4.40. The van der Waals surface area contributed by atoms with Gasteiger partial charge in [-0.15, -0.1) is 0 Å². The van der Waals surface area contributed by atoms with Gasteiger partial charge in [0.25, 0.3) is 0 Å². The van der Waals surface area contributed by atoms with Crippen LogP contribution in [0.15, 0.2) is 18.2 Å². The summed E-state index contributed by atoms with van der Waals surface area (Å²) in [6.45, 7) is 2.21. The Labute approximate surface area is 116 Å². The van der Waals surface area contributed by atoms with Gasteiger partial charge < -0.3 is 10.1 Å². The molecule has 1 saturated heterocycles. The Morgan fingerprint density at radius 2 is 2.28 bits per heavy atom. The van der Waals surface area contributed by atoms with Crippen molar-refractivity contribution in [3.8, 4) is 0 Å². The third-order valence-corrected chi connectivity index (χ3v) is 4.68. The highest BCUT2D eigenvalue weighted by molar-refractivity contribution is 7.99. The zero-order valence-corrected chi connectivity index (χ0v) is 12.0. The van der Waals surface area contributed by atoms with Crippen molar-refractivity contribution in [1.82, 2.24) is 0 Å². The number of benzene rings is 1. The molecular formula is C13H16ClNO2S. The maximum Gasteiger partial charge on any atom is 0.340 e. The fraction of sp³-hybridized carbons (Fsp3) is 0.462. The normalized spacial score (nSPS) is 22.8. The monoisotopic (exact) mass is 285 g/mol. The molecule has 0 saturated carbocycles. The predicted octanol–water partition coefficient (Wildman–Crippen LogP) is 3.29. The summed E-state index contributed by atoms with van der Waals surface area (Å²) in [5.41, 5.74) is 1.29. The van der Waals surface area contributed by atoms with Crippen molar-refractivity contribution >= 4 is 35.0 Å². The van der Waals surface area contributed by atoms with Gasteiger partial charge in [-0.3, -0.25) is 0 Å². The van der Waals surface area contributed by atoms with Crippen LogP contribution in [0.5, 0.6) is 0 Å². The average molecular weight is 286 g/mol. The summed E-state index contributed by atoms with van der Waals surface area (Å²) in [7, 11) is 1.38. The summed E-state index contributed by atoms with van der Waals surface area (Å²) in [6.07, 6.45) is 0. The SMILES string of the molecule is COC(=O)c1cc(Cl)ccc1NC1CSCC1C. The van der Waals surface area contributed by atoms with E-state index in [1.807, 2.05) is 17.8 Å². The molecule has 1 aromatic carbocycles. The molecule has 1 heterocycles. The first-order valence-corrected chi connectivity index (χ1v) is 7.37. The Morgan fingerprint density at radius 3 is 2.89 bits per heavy atom. The summed E-state index contributed by atoms with van der Waals surface area (Å²) < 4.78 is 4.78. The van der Waals surface area contributed by atoms with Crippen molar-refractivity contribution in [2.24, 2.45) is 5.92 Å². The molecule has 5 heteroatoms. The van der Waals surface area contributed by atoms with Crippen LogP contribution in [0, 0.1) is 5.92 Å². The lowest BCUT2D eigenvalue weighted by molar-refractivity contribution is 0.0602. The summed E-state index contributed by atoms with van der Waals surface area (Å²) in [5.74, 6) is 2.44. The zero-order chi connectivity index (χ0) is 13.1. The van der Waals surface area contributed by atoms with Crippen molar-refractivity contribution in [2.75, 3.05) is 23.9 Å². The van der Waals surface area contributed by atoms with Crippen molar-refractivity contribution in [2.45, 2.75) is 13.0 Å². The largest absolute Gasteiger partial charge is 0.465 e. The standard InChI is InChI=1S/C13H16ClNO2S/c1-8-6-18-7-12(8)15-11-4-3-9(14)5-10(11)13(16)17-2/h3-5,8,12,15H,6-7H2,1-2H3. The van der Waals surface area contributed by atoms with Crippen LogP contribution in [0.2, 0.25) is 5.02 Å². The second kappa shape index (κ2) is 5.85. The molecule has 0 bridgehead atoms. The molecule has 0 amide bonds. The predicted molar refractivity (Wildman–Crippen MR) is 76.7 cm³/mol. The van der Waals surface area contributed by atoms with Gasteiger partial charge in [0.05, 0.1) is 12.7 Å². The molecule has 2 atom stereocenters. The average Bonchev–Trinajstić information content (AvgIpc) is 2.76. The Bertz CT molecular complexity index is 453. The molecule has 0 aromatic heterocycles. The van der Waals surface area contributed by atoms with E-state index in [-0.39, 0.29) is 5.97 Å². The van der Waals surface area contributed by atoms with Crippen LogP contribution in [0.3, 0.4) is 0 Å². The van der Waals surface area contributed by atoms with Gasteiger partial charge >= 0.3 is 5.97 Å². The first kappa shape index (κ1) is 13.6. The van der Waals surface area contributed by atoms with E-state index in [2.05, 4.69) is 12.2 Å². The fourth-order valence-electron chi connectivity index (χ4n) is 1.97. The maximum atomic E-state index is 11.7. The second-order valence-electron chi connectivity index (χ2n) is 4.45. The Balaban J connectivity index is 2.23. The number of carbonyl (C=O) groups is 1. The number of thioether (sulfide) groups is 1. The molecule has 0 aliphatic carbocycles. The molecular weight excluding hydrogens is 270 g/mol. The number of hydrogen-bond donors (Lipinski definition) is 1. The number of anilines is 1. The number of carbonyl (C=O) groups excluding carboxylic acids is 1. The number of esters is 1. The highest BCUT2D eigenvalue weighted by atomic mass is 35.5. The summed E-state index contributed by atoms with van der Waals surface area (Å²) in [4.78, 5) is 11.7. The maximum absolute atomic E-state index is 11.7. The number of ether oxygens (including phenoxy) is 1. The van der Waals surface area contributed by atoms with Gasteiger partial charge in [0, 0.05) is 22.5 Å². The van der Waals surface area contributed by atoms with Gasteiger partial charge in [-0.05, 0) is 29.9 Å². The van der Waals surface area contributed by atoms with Gasteiger partial charge in [-0.1, -0.05) is 18.5 Å². The van der Waals surface area contributed by atoms with Gasteiger partial charge in [-0.2, -0.15) is 11.8 Å². The van der Waals surface area contributed by atoms with E-state index in [1.54, 1.807) is 12.1 Å². The van der Waals surface area contributed by atoms with Crippen molar-refractivity contribution < 1.29 is 9.53 Å². The molecule has 1 aliphatic rings. The fourth-order valence-corrected chi connectivity index (χ4v) is 3.54. The van der Waals surface area contributed by atoms with Crippen molar-refractivity contribution in [3.63, 3.8) is 0 Å². The van der Waals surface area contributed by atoms with Crippen LogP contribution in [-0.4, -0.2) is 30.6 Å². The van der Waals surface area contributed by atoms with Gasteiger partial charge in [0.2, 0.25) is 0 Å². The van der Waals surface area contributed by atoms with E-state index in [9.17, 15) is 4.79 Å². The lowest BCUT2D eigenvalue weighted by Crippen LogP contribution is -2.26. The van der Waals surface area contributed by atoms with Crippen LogP contribution in [0.1, 0.15) is 17.3 Å². The van der Waals surface area contributed by atoms with Gasteiger partial charge in [0.1, 0.15) is 0 Å². The van der Waals surface area contributed by atoms with Crippen molar-refractivity contribution in [3.05, 3.63) is 28.8 Å². The summed E-state index contributed by atoms with van der Waals surface area (Å²) in [5, 5.41) is 3.96. The Hall–Kier alpha value is -0.870. The lowest BCUT2D eigenvalue weighted by atomic mass is 10.1. The Morgan fingerprint density at radius 1 is 1.50 bits per heavy atom. The number of nitrogens with one attached hydrogen (secondary N) is 1. The number of methoxy groups -OCH3 is 1. The first-order chi connectivity index (χ1) is 8.61. The molecule has 1 aromatic rings. The van der Waals surface area contributed by atoms with E-state index >= 15 is 0 Å². The van der Waals surface area contributed by atoms with E-state index in [0.29, 0.717) is 22.5 Å². The lowest BCUT2D eigenvalue weighted by Gasteiger charge is -2.19. The van der Waals surface area contributed by atoms with Gasteiger partial charge in [-0.25, -0.2) is 4.79 Å². The molecule has 98 valence electrons. The minimum absolute atomic E-state index is 0.363. The van der Waals surface area contributed by atoms with E-state index in [1.165, 1.54) is 7.11 Å². The zero-order valence-electron chi connectivity index (χ0n) is 10.4. The number of hydrogen-bond acceptors (Lipinski definition) is 4.